The van der Waals surface area contributed by atoms with Crippen molar-refractivity contribution in [2.75, 3.05) is 9.80 Å². The van der Waals surface area contributed by atoms with Crippen LogP contribution in [0.2, 0.25) is 0 Å². The summed E-state index contributed by atoms with van der Waals surface area (Å²) in [6, 6.07) is 121. The fourth-order valence-electron chi connectivity index (χ4n) is 17.2. The Morgan fingerprint density at radius 3 is 1.00 bits per heavy atom. The summed E-state index contributed by atoms with van der Waals surface area (Å²) in [4.78, 5) is 5.27. The zero-order chi connectivity index (χ0) is 63.8. The van der Waals surface area contributed by atoms with E-state index >= 15 is 0 Å². The lowest BCUT2D eigenvalue weighted by atomic mass is 9.33. The number of rotatable bonds is 3. The molecule has 0 radical (unpaired) electrons. The highest BCUT2D eigenvalue weighted by Gasteiger charge is 2.47. The Bertz CT molecular complexity index is 6100. The lowest BCUT2D eigenvalue weighted by Crippen LogP contribution is -2.61. The third-order valence-corrected chi connectivity index (χ3v) is 21.2. The molecule has 98 heavy (non-hydrogen) atoms. The fraction of sp³-hybridized carbons (Fsp3) is 0. The molecule has 7 heterocycles. The maximum absolute atomic E-state index is 7.60. The summed E-state index contributed by atoms with van der Waals surface area (Å²) >= 11 is 0. The van der Waals surface area contributed by atoms with Crippen LogP contribution in [0.15, 0.2) is 328 Å². The Kier molecular flexibility index (Phi) is 11.0. The molecule has 3 aromatic heterocycles. The summed E-state index contributed by atoms with van der Waals surface area (Å²) < 4.78 is 22.5. The van der Waals surface area contributed by atoms with Gasteiger partial charge in [-0.2, -0.15) is 0 Å². The maximum Gasteiger partial charge on any atom is 0.252 e. The van der Waals surface area contributed by atoms with E-state index in [9.17, 15) is 0 Å². The molecule has 454 valence electrons. The zero-order valence-corrected chi connectivity index (χ0v) is 52.8. The first-order valence-electron chi connectivity index (χ1n) is 33.7. The molecule has 4 aliphatic rings. The SMILES string of the molecule is c1ccc(-n2c3ccccc3c3cc4c(cc32)-c2ccccc2N2c3cc(-n5c6ccccc6c6ccccc65)cc5c3B(c3cccc(c32)-c2ccccc2O4)c2cccc3c2N5c2ccccc2-c2cc4c(cc2Oc2ccccc2-3)c2ccccc2n4-c2ccccc2)cc1. The molecular weight excluding hydrogens is 1190 g/mol. The van der Waals surface area contributed by atoms with E-state index in [4.69, 9.17) is 9.47 Å². The van der Waals surface area contributed by atoms with Gasteiger partial charge in [-0.15, -0.1) is 0 Å². The number of anilines is 6. The molecule has 0 bridgehead atoms. The van der Waals surface area contributed by atoms with Crippen LogP contribution in [0.1, 0.15) is 0 Å². The summed E-state index contributed by atoms with van der Waals surface area (Å²) in [7, 11) is 0. The van der Waals surface area contributed by atoms with Crippen LogP contribution < -0.4 is 35.7 Å². The van der Waals surface area contributed by atoms with Crippen LogP contribution in [0.5, 0.6) is 23.0 Å². The van der Waals surface area contributed by atoms with Crippen LogP contribution in [0, 0.1) is 0 Å². The highest BCUT2D eigenvalue weighted by Crippen LogP contribution is 2.58. The number of benzene rings is 15. The number of aromatic nitrogens is 3. The Balaban J connectivity index is 0.896. The first-order valence-corrected chi connectivity index (χ1v) is 33.7. The second-order valence-corrected chi connectivity index (χ2v) is 26.2. The van der Waals surface area contributed by atoms with Gasteiger partial charge in [0.05, 0.1) is 50.2 Å². The highest BCUT2D eigenvalue weighted by molar-refractivity contribution is 7.00. The van der Waals surface area contributed by atoms with Crippen molar-refractivity contribution in [2.45, 2.75) is 0 Å². The fourth-order valence-corrected chi connectivity index (χ4v) is 17.2. The Morgan fingerprint density at radius 1 is 0.214 bits per heavy atom. The minimum Gasteiger partial charge on any atom is -0.456 e. The lowest BCUT2D eigenvalue weighted by Gasteiger charge is -2.46. The van der Waals surface area contributed by atoms with Crippen molar-refractivity contribution in [3.05, 3.63) is 328 Å². The number of ether oxygens (including phenoxy) is 2. The quantitative estimate of drug-likeness (QED) is 0.165. The van der Waals surface area contributed by atoms with Crippen LogP contribution in [0.4, 0.5) is 34.1 Å². The molecular formula is C90H54BN5O2. The average Bonchev–Trinajstić information content (AvgIpc) is 0.859. The lowest BCUT2D eigenvalue weighted by molar-refractivity contribution is 0.487. The molecule has 0 saturated carbocycles. The Hall–Kier alpha value is -13.0. The van der Waals surface area contributed by atoms with Gasteiger partial charge < -0.3 is 33.0 Å². The predicted octanol–water partition coefficient (Wildman–Crippen LogP) is 21.9. The largest absolute Gasteiger partial charge is 0.456 e. The molecule has 15 aromatic carbocycles. The van der Waals surface area contributed by atoms with E-state index in [0.717, 1.165) is 173 Å². The summed E-state index contributed by atoms with van der Waals surface area (Å²) in [6.07, 6.45) is 0. The van der Waals surface area contributed by atoms with Crippen molar-refractivity contribution < 1.29 is 9.47 Å². The molecule has 22 rings (SSSR count). The first-order chi connectivity index (χ1) is 48.7. The second kappa shape index (κ2) is 20.2. The minimum atomic E-state index is -0.266. The summed E-state index contributed by atoms with van der Waals surface area (Å²) in [5.41, 5.74) is 28.1. The van der Waals surface area contributed by atoms with Gasteiger partial charge in [0.2, 0.25) is 0 Å². The molecule has 0 fully saturated rings. The van der Waals surface area contributed by atoms with Crippen molar-refractivity contribution >= 4 is 123 Å². The van der Waals surface area contributed by atoms with Crippen LogP contribution in [-0.4, -0.2) is 20.4 Å². The third kappa shape index (κ3) is 7.37. The topological polar surface area (TPSA) is 39.7 Å². The van der Waals surface area contributed by atoms with Crippen molar-refractivity contribution in [3.8, 4) is 84.6 Å². The van der Waals surface area contributed by atoms with E-state index in [1.807, 2.05) is 0 Å². The van der Waals surface area contributed by atoms with Gasteiger partial charge in [0.15, 0.2) is 0 Å². The normalized spacial score (nSPS) is 13.0. The number of hydrogen-bond donors (Lipinski definition) is 0. The van der Waals surface area contributed by atoms with Crippen LogP contribution in [0.3, 0.4) is 0 Å². The van der Waals surface area contributed by atoms with Crippen LogP contribution in [-0.2, 0) is 0 Å². The third-order valence-electron chi connectivity index (χ3n) is 21.2. The van der Waals surface area contributed by atoms with E-state index in [0.29, 0.717) is 0 Å². The van der Waals surface area contributed by atoms with Crippen LogP contribution in [0.25, 0.3) is 127 Å². The van der Waals surface area contributed by atoms with Gasteiger partial charge in [0, 0.05) is 111 Å². The van der Waals surface area contributed by atoms with E-state index in [2.05, 4.69) is 351 Å². The molecule has 8 heteroatoms. The van der Waals surface area contributed by atoms with Gasteiger partial charge in [-0.1, -0.05) is 218 Å². The minimum absolute atomic E-state index is 0.266. The Labute approximate surface area is 564 Å². The molecule has 0 aliphatic carbocycles. The van der Waals surface area contributed by atoms with Gasteiger partial charge in [-0.05, 0) is 126 Å². The van der Waals surface area contributed by atoms with Crippen molar-refractivity contribution in [1.82, 2.24) is 13.7 Å². The molecule has 7 nitrogen and oxygen atoms in total. The van der Waals surface area contributed by atoms with E-state index in [-0.39, 0.29) is 6.71 Å². The molecule has 0 amide bonds. The van der Waals surface area contributed by atoms with Crippen molar-refractivity contribution in [3.63, 3.8) is 0 Å². The molecule has 0 N–H and O–H groups in total. The van der Waals surface area contributed by atoms with Gasteiger partial charge in [0.1, 0.15) is 23.0 Å². The average molecular weight is 1250 g/mol. The highest BCUT2D eigenvalue weighted by atomic mass is 16.5. The molecule has 0 atom stereocenters. The summed E-state index contributed by atoms with van der Waals surface area (Å²) in [6.45, 7) is -0.266. The van der Waals surface area contributed by atoms with E-state index in [1.165, 1.54) is 27.2 Å². The number of hydrogen-bond acceptors (Lipinski definition) is 4. The second-order valence-electron chi connectivity index (χ2n) is 26.2. The van der Waals surface area contributed by atoms with Gasteiger partial charge >= 0.3 is 0 Å². The predicted molar refractivity (Wildman–Crippen MR) is 405 cm³/mol. The molecule has 0 unspecified atom stereocenters. The van der Waals surface area contributed by atoms with E-state index in [1.54, 1.807) is 0 Å². The van der Waals surface area contributed by atoms with Crippen molar-refractivity contribution in [2.24, 2.45) is 0 Å². The maximum atomic E-state index is 7.60. The van der Waals surface area contributed by atoms with Gasteiger partial charge in [-0.3, -0.25) is 0 Å². The number of para-hydroxylation sites is 12. The summed E-state index contributed by atoms with van der Waals surface area (Å²) in [5.74, 6) is 3.11. The standard InChI is InChI=1S/C90H54BN5O2/c1-3-25-55(26-4-1)92-76-43-17-9-31-60(76)68-53-86-70(51-80(68)92)62-33-11-19-45-78(62)95-82-49-57(94-74-41-15-7-29-58(74)59-30-8-16-42-75(59)94)50-83-88(82)91(72-39-23-37-66(89(72)95)64-35-13-21-47-84(64)97-86)73-40-24-38-67-65-36-14-22-48-85(65)98-87-54-69-61-32-10-18-44-77(61)93(56-27-5-2-6-28-56)81(69)52-71(87)63-34-12-20-46-79(63)96(83)90(67)73/h1-54H. The number of fused-ring (bicyclic) bond motifs is 25. The van der Waals surface area contributed by atoms with Gasteiger partial charge in [0.25, 0.3) is 6.71 Å². The number of nitrogens with zero attached hydrogens (tertiary/aromatic N) is 5. The Morgan fingerprint density at radius 2 is 0.561 bits per heavy atom. The van der Waals surface area contributed by atoms with E-state index < -0.39 is 0 Å². The smallest absolute Gasteiger partial charge is 0.252 e. The van der Waals surface area contributed by atoms with Crippen molar-refractivity contribution in [1.29, 1.82) is 0 Å². The van der Waals surface area contributed by atoms with Crippen LogP contribution >= 0.6 is 0 Å². The van der Waals surface area contributed by atoms with Gasteiger partial charge in [-0.25, -0.2) is 0 Å². The zero-order valence-electron chi connectivity index (χ0n) is 52.8. The molecule has 18 aromatic rings. The monoisotopic (exact) mass is 1250 g/mol. The first kappa shape index (κ1) is 53.3. The molecule has 0 spiro atoms. The summed E-state index contributed by atoms with van der Waals surface area (Å²) in [5, 5.41) is 6.94. The molecule has 0 saturated heterocycles. The molecule has 4 aliphatic heterocycles.